The summed E-state index contributed by atoms with van der Waals surface area (Å²) in [5, 5.41) is 10.8. The second-order valence-electron chi connectivity index (χ2n) is 6.64. The van der Waals surface area contributed by atoms with Crippen LogP contribution in [0.1, 0.15) is 28.7 Å². The average molecular weight is 460 g/mol. The second-order valence-corrected chi connectivity index (χ2v) is 7.07. The summed E-state index contributed by atoms with van der Waals surface area (Å²) >= 11 is 5.77. The molecule has 11 heteroatoms. The molecular formula is C19H17ClF7NO2. The molecule has 0 radical (unpaired) electrons. The lowest BCUT2D eigenvalue weighted by atomic mass is 9.91. The van der Waals surface area contributed by atoms with Crippen LogP contribution < -0.4 is 5.73 Å². The van der Waals surface area contributed by atoms with Gasteiger partial charge in [-0.25, -0.2) is 4.39 Å². The fourth-order valence-corrected chi connectivity index (χ4v) is 3.02. The van der Waals surface area contributed by atoms with Gasteiger partial charge in [-0.15, -0.1) is 0 Å². The third-order valence-corrected chi connectivity index (χ3v) is 4.43. The van der Waals surface area contributed by atoms with Gasteiger partial charge in [-0.1, -0.05) is 11.6 Å². The fraction of sp³-hybridized carbons (Fsp3) is 0.368. The van der Waals surface area contributed by atoms with Gasteiger partial charge in [0.25, 0.3) is 0 Å². The first-order valence-corrected chi connectivity index (χ1v) is 8.87. The van der Waals surface area contributed by atoms with Crippen molar-refractivity contribution in [2.75, 3.05) is 13.2 Å². The maximum atomic E-state index is 13.6. The van der Waals surface area contributed by atoms with Crippen LogP contribution in [-0.2, 0) is 29.3 Å². The summed E-state index contributed by atoms with van der Waals surface area (Å²) in [7, 11) is 0. The lowest BCUT2D eigenvalue weighted by Crippen LogP contribution is -2.34. The van der Waals surface area contributed by atoms with Gasteiger partial charge in [0.15, 0.2) is 0 Å². The van der Waals surface area contributed by atoms with Gasteiger partial charge in [-0.2, -0.15) is 26.3 Å². The van der Waals surface area contributed by atoms with Crippen LogP contribution in [0.15, 0.2) is 36.4 Å². The molecule has 2 aromatic rings. The molecule has 0 saturated heterocycles. The predicted octanol–water partition coefficient (Wildman–Crippen LogP) is 5.27. The van der Waals surface area contributed by atoms with Crippen LogP contribution in [0.3, 0.4) is 0 Å². The van der Waals surface area contributed by atoms with Gasteiger partial charge in [0.1, 0.15) is 11.4 Å². The molecule has 166 valence electrons. The van der Waals surface area contributed by atoms with Gasteiger partial charge in [-0.05, 0) is 60.5 Å². The highest BCUT2D eigenvalue weighted by Crippen LogP contribution is 2.36. The molecule has 1 atom stereocenters. The first-order valence-electron chi connectivity index (χ1n) is 8.50. The van der Waals surface area contributed by atoms with Gasteiger partial charge >= 0.3 is 12.4 Å². The SMILES string of the molecule is NCCC(O)(COCc1cc(C(F)(F)F)cc(C(F)(F)F)c1)c1cc(F)cc(Cl)c1. The van der Waals surface area contributed by atoms with Gasteiger partial charge in [0.2, 0.25) is 0 Å². The molecule has 30 heavy (non-hydrogen) atoms. The van der Waals surface area contributed by atoms with Gasteiger partial charge < -0.3 is 15.6 Å². The van der Waals surface area contributed by atoms with Crippen molar-refractivity contribution in [2.45, 2.75) is 31.0 Å². The van der Waals surface area contributed by atoms with Gasteiger partial charge in [-0.3, -0.25) is 0 Å². The molecule has 0 aliphatic rings. The quantitative estimate of drug-likeness (QED) is 0.555. The summed E-state index contributed by atoms with van der Waals surface area (Å²) in [5.74, 6) is -0.749. The highest BCUT2D eigenvalue weighted by Gasteiger charge is 2.37. The summed E-state index contributed by atoms with van der Waals surface area (Å²) in [5.41, 5.74) is 0.252. The minimum atomic E-state index is -4.99. The fourth-order valence-electron chi connectivity index (χ4n) is 2.80. The van der Waals surface area contributed by atoms with Crippen molar-refractivity contribution in [3.63, 3.8) is 0 Å². The summed E-state index contributed by atoms with van der Waals surface area (Å²) in [6, 6.07) is 4.29. The van der Waals surface area contributed by atoms with Crippen molar-refractivity contribution >= 4 is 11.6 Å². The Morgan fingerprint density at radius 3 is 1.90 bits per heavy atom. The normalized spacial score (nSPS) is 14.6. The number of alkyl halides is 6. The van der Waals surface area contributed by atoms with Crippen LogP contribution in [0.2, 0.25) is 5.02 Å². The van der Waals surface area contributed by atoms with Crippen LogP contribution in [0.4, 0.5) is 30.7 Å². The summed E-state index contributed by atoms with van der Waals surface area (Å²) in [6.45, 7) is -1.29. The number of benzene rings is 2. The second kappa shape index (κ2) is 9.09. The van der Waals surface area contributed by atoms with E-state index in [0.717, 1.165) is 12.1 Å². The Morgan fingerprint density at radius 1 is 0.867 bits per heavy atom. The summed E-state index contributed by atoms with van der Waals surface area (Å²) < 4.78 is 96.4. The molecule has 0 saturated carbocycles. The molecular weight excluding hydrogens is 443 g/mol. The monoisotopic (exact) mass is 459 g/mol. The molecule has 0 bridgehead atoms. The number of hydrogen-bond donors (Lipinski definition) is 2. The topological polar surface area (TPSA) is 55.5 Å². The van der Waals surface area contributed by atoms with E-state index in [-0.39, 0.29) is 29.6 Å². The maximum absolute atomic E-state index is 13.6. The van der Waals surface area contributed by atoms with E-state index in [9.17, 15) is 35.8 Å². The summed E-state index contributed by atoms with van der Waals surface area (Å²) in [6.07, 6.45) is -10.1. The molecule has 0 aliphatic heterocycles. The minimum absolute atomic E-state index is 0.00298. The van der Waals surface area contributed by atoms with E-state index in [1.54, 1.807) is 0 Å². The van der Waals surface area contributed by atoms with E-state index in [2.05, 4.69) is 0 Å². The van der Waals surface area contributed by atoms with E-state index in [0.29, 0.717) is 12.1 Å². The van der Waals surface area contributed by atoms with Crippen LogP contribution in [0.5, 0.6) is 0 Å². The number of aliphatic hydroxyl groups is 1. The highest BCUT2D eigenvalue weighted by atomic mass is 35.5. The van der Waals surface area contributed by atoms with Crippen LogP contribution in [0, 0.1) is 5.82 Å². The number of nitrogens with two attached hydrogens (primary N) is 1. The highest BCUT2D eigenvalue weighted by molar-refractivity contribution is 6.30. The van der Waals surface area contributed by atoms with E-state index >= 15 is 0 Å². The largest absolute Gasteiger partial charge is 0.416 e. The third-order valence-electron chi connectivity index (χ3n) is 4.21. The van der Waals surface area contributed by atoms with Crippen molar-refractivity contribution in [1.29, 1.82) is 0 Å². The van der Waals surface area contributed by atoms with Crippen LogP contribution >= 0.6 is 11.6 Å². The Morgan fingerprint density at radius 2 is 1.43 bits per heavy atom. The Bertz CT molecular complexity index is 834. The van der Waals surface area contributed by atoms with Crippen molar-refractivity contribution in [3.05, 3.63) is 69.5 Å². The van der Waals surface area contributed by atoms with Crippen molar-refractivity contribution in [3.8, 4) is 0 Å². The van der Waals surface area contributed by atoms with Gasteiger partial charge in [0, 0.05) is 5.02 Å². The molecule has 0 amide bonds. The maximum Gasteiger partial charge on any atom is 0.416 e. The molecule has 0 heterocycles. The van der Waals surface area contributed by atoms with Gasteiger partial charge in [0.05, 0.1) is 24.3 Å². The molecule has 3 nitrogen and oxygen atoms in total. The van der Waals surface area contributed by atoms with Crippen molar-refractivity contribution in [2.24, 2.45) is 5.73 Å². The van der Waals surface area contributed by atoms with Crippen LogP contribution in [-0.4, -0.2) is 18.3 Å². The number of rotatable bonds is 7. The van der Waals surface area contributed by atoms with Crippen molar-refractivity contribution in [1.82, 2.24) is 0 Å². The first kappa shape index (κ1) is 24.4. The molecule has 3 N–H and O–H groups in total. The van der Waals surface area contributed by atoms with E-state index in [4.69, 9.17) is 22.1 Å². The van der Waals surface area contributed by atoms with E-state index in [1.807, 2.05) is 0 Å². The smallest absolute Gasteiger partial charge is 0.383 e. The molecule has 2 aromatic carbocycles. The average Bonchev–Trinajstić information content (AvgIpc) is 2.59. The third kappa shape index (κ3) is 6.31. The Kier molecular flexibility index (Phi) is 7.39. The standard InChI is InChI=1S/C19H17ClF7NO2/c20-15-6-12(7-16(21)8-15)17(29,1-2-28)10-30-9-11-3-13(18(22,23)24)5-14(4-11)19(25,26)27/h3-8,29H,1-2,9-10,28H2. The zero-order valence-electron chi connectivity index (χ0n) is 15.2. The van der Waals surface area contributed by atoms with Crippen molar-refractivity contribution < 1.29 is 40.6 Å². The molecule has 0 fully saturated rings. The molecule has 0 aliphatic carbocycles. The number of halogens is 8. The van der Waals surface area contributed by atoms with Crippen LogP contribution in [0.25, 0.3) is 0 Å². The zero-order valence-corrected chi connectivity index (χ0v) is 16.0. The Hall–Kier alpha value is -1.88. The molecule has 0 spiro atoms. The Labute approximate surface area is 172 Å². The lowest BCUT2D eigenvalue weighted by Gasteiger charge is -2.28. The predicted molar refractivity (Wildman–Crippen MR) is 95.1 cm³/mol. The Balaban J connectivity index is 2.26. The van der Waals surface area contributed by atoms with E-state index < -0.39 is 53.7 Å². The molecule has 2 rings (SSSR count). The summed E-state index contributed by atoms with van der Waals surface area (Å²) in [4.78, 5) is 0. The zero-order chi connectivity index (χ0) is 22.7. The number of ether oxygens (including phenoxy) is 1. The minimum Gasteiger partial charge on any atom is -0.383 e. The molecule has 1 unspecified atom stereocenters. The molecule has 0 aromatic heterocycles. The lowest BCUT2D eigenvalue weighted by molar-refractivity contribution is -0.143. The number of hydrogen-bond acceptors (Lipinski definition) is 3. The first-order chi connectivity index (χ1) is 13.7. The van der Waals surface area contributed by atoms with E-state index in [1.165, 1.54) is 6.07 Å².